The van der Waals surface area contributed by atoms with E-state index in [2.05, 4.69) is 5.32 Å². The smallest absolute Gasteiger partial charge is 0.337 e. The molecule has 2 N–H and O–H groups in total. The molecule has 0 aromatic carbocycles. The van der Waals surface area contributed by atoms with E-state index in [9.17, 15) is 37.6 Å². The van der Waals surface area contributed by atoms with Crippen molar-refractivity contribution in [2.24, 2.45) is 29.7 Å². The van der Waals surface area contributed by atoms with Crippen molar-refractivity contribution in [1.29, 1.82) is 5.26 Å². The topological polar surface area (TPSA) is 129 Å². The number of fused-ring (bicyclic) bond motifs is 1. The number of rotatable bonds is 6. The third kappa shape index (κ3) is 4.99. The number of hydrogen-bond acceptors (Lipinski definition) is 5. The Morgan fingerprint density at radius 1 is 1.19 bits per heavy atom. The molecule has 3 amide bonds. The van der Waals surface area contributed by atoms with Crippen molar-refractivity contribution in [2.45, 2.75) is 65.5 Å². The van der Waals surface area contributed by atoms with Crippen molar-refractivity contribution in [3.63, 3.8) is 0 Å². The van der Waals surface area contributed by atoms with E-state index < -0.39 is 47.4 Å². The number of amides is 3. The first-order valence-electron chi connectivity index (χ1n) is 11.5. The lowest BCUT2D eigenvalue weighted by Gasteiger charge is -2.37. The normalized spacial score (nSPS) is 24.3. The number of halogens is 3. The van der Waals surface area contributed by atoms with Crippen molar-refractivity contribution in [1.82, 2.24) is 24.7 Å². The van der Waals surface area contributed by atoms with Gasteiger partial charge in [-0.2, -0.15) is 18.4 Å². The maximum atomic E-state index is 13.5. The number of carbonyl (C=O) groups is 3. The SMILES string of the molecule is Cn1ccn(C[C@@H](C#N)NC(=O)[C@@H]2[C@H]3[C@H](CN2C(=O)[C@@H](NC(=O)C(F)(F)F)C(C)(C)C)C3(C)C)c1=O. The van der Waals surface area contributed by atoms with E-state index in [4.69, 9.17) is 0 Å². The van der Waals surface area contributed by atoms with Gasteiger partial charge in [0.25, 0.3) is 0 Å². The standard InChI is InChI=1S/C23H31F3N6O4/c1-21(2,3)16(29-19(35)23(24,25)26)18(34)32-11-13-14(22(13,4)5)15(32)17(33)28-12(9-27)10-31-8-7-30(6)20(31)36/h7-8,12-16H,10-11H2,1-6H3,(H,28,33)(H,29,35)/t12-,13+,14-,15+,16-/m1/s1. The number of likely N-dealkylation sites (tertiary alicyclic amines) is 1. The zero-order valence-corrected chi connectivity index (χ0v) is 21.0. The van der Waals surface area contributed by atoms with Gasteiger partial charge < -0.3 is 20.1 Å². The largest absolute Gasteiger partial charge is 0.471 e. The minimum atomic E-state index is -5.18. The zero-order valence-electron chi connectivity index (χ0n) is 21.0. The fraction of sp³-hybridized carbons (Fsp3) is 0.696. The van der Waals surface area contributed by atoms with Crippen LogP contribution in [0.2, 0.25) is 0 Å². The molecule has 0 unspecified atom stereocenters. The van der Waals surface area contributed by atoms with E-state index in [1.165, 1.54) is 47.2 Å². The van der Waals surface area contributed by atoms with Crippen LogP contribution in [0.4, 0.5) is 13.2 Å². The van der Waals surface area contributed by atoms with Gasteiger partial charge in [-0.05, 0) is 22.7 Å². The summed E-state index contributed by atoms with van der Waals surface area (Å²) >= 11 is 0. The molecule has 1 aliphatic heterocycles. The molecule has 3 rings (SSSR count). The molecule has 36 heavy (non-hydrogen) atoms. The highest BCUT2D eigenvalue weighted by Crippen LogP contribution is 2.65. The van der Waals surface area contributed by atoms with Crippen molar-refractivity contribution in [3.8, 4) is 6.07 Å². The first-order valence-corrected chi connectivity index (χ1v) is 11.5. The predicted octanol–water partition coefficient (Wildman–Crippen LogP) is 0.771. The summed E-state index contributed by atoms with van der Waals surface area (Å²) in [6.07, 6.45) is -2.19. The van der Waals surface area contributed by atoms with Gasteiger partial charge in [0, 0.05) is 26.0 Å². The van der Waals surface area contributed by atoms with E-state index in [1.807, 2.05) is 19.9 Å². The van der Waals surface area contributed by atoms with E-state index >= 15 is 0 Å². The van der Waals surface area contributed by atoms with Gasteiger partial charge in [-0.1, -0.05) is 34.6 Å². The van der Waals surface area contributed by atoms with Gasteiger partial charge in [0.15, 0.2) is 0 Å². The van der Waals surface area contributed by atoms with E-state index in [0.717, 1.165) is 0 Å². The third-order valence-corrected chi connectivity index (χ3v) is 7.28. The molecule has 13 heteroatoms. The van der Waals surface area contributed by atoms with Crippen molar-refractivity contribution < 1.29 is 27.6 Å². The highest BCUT2D eigenvalue weighted by Gasteiger charge is 2.70. The average Bonchev–Trinajstić information content (AvgIpc) is 3.07. The highest BCUT2D eigenvalue weighted by molar-refractivity contribution is 5.95. The maximum Gasteiger partial charge on any atom is 0.471 e. The quantitative estimate of drug-likeness (QED) is 0.582. The molecule has 1 aromatic rings. The molecule has 2 aliphatic rings. The van der Waals surface area contributed by atoms with Crippen LogP contribution in [-0.4, -0.2) is 62.6 Å². The van der Waals surface area contributed by atoms with Crippen LogP contribution in [0.5, 0.6) is 0 Å². The Bertz CT molecular complexity index is 1160. The van der Waals surface area contributed by atoms with E-state index in [-0.39, 0.29) is 36.0 Å². The third-order valence-electron chi connectivity index (χ3n) is 7.28. The fourth-order valence-corrected chi connectivity index (χ4v) is 5.06. The molecule has 1 saturated carbocycles. The average molecular weight is 513 g/mol. The first-order chi connectivity index (χ1) is 16.4. The summed E-state index contributed by atoms with van der Waals surface area (Å²) in [5.41, 5.74) is -1.74. The number of nitrogens with one attached hydrogen (secondary N) is 2. The number of imidazole rings is 1. The molecule has 198 valence electrons. The van der Waals surface area contributed by atoms with E-state index in [0.29, 0.717) is 0 Å². The summed E-state index contributed by atoms with van der Waals surface area (Å²) in [5.74, 6) is -3.99. The Morgan fingerprint density at radius 2 is 1.81 bits per heavy atom. The molecular formula is C23H31F3N6O4. The van der Waals surface area contributed by atoms with Crippen LogP contribution in [-0.2, 0) is 28.0 Å². The molecule has 5 atom stereocenters. The summed E-state index contributed by atoms with van der Waals surface area (Å²) in [7, 11) is 1.54. The summed E-state index contributed by atoms with van der Waals surface area (Å²) in [4.78, 5) is 51.9. The maximum absolute atomic E-state index is 13.5. The predicted molar refractivity (Wildman–Crippen MR) is 121 cm³/mol. The van der Waals surface area contributed by atoms with Crippen LogP contribution in [0.3, 0.4) is 0 Å². The molecule has 1 saturated heterocycles. The monoisotopic (exact) mass is 512 g/mol. The molecule has 1 aromatic heterocycles. The first kappa shape index (κ1) is 27.3. The lowest BCUT2D eigenvalue weighted by atomic mass is 9.85. The second kappa shape index (κ2) is 8.97. The highest BCUT2D eigenvalue weighted by atomic mass is 19.4. The summed E-state index contributed by atoms with van der Waals surface area (Å²) < 4.78 is 41.4. The molecule has 0 radical (unpaired) electrons. The van der Waals surface area contributed by atoms with Gasteiger partial charge in [-0.3, -0.25) is 19.0 Å². The van der Waals surface area contributed by atoms with Crippen molar-refractivity contribution in [3.05, 3.63) is 22.9 Å². The van der Waals surface area contributed by atoms with Crippen molar-refractivity contribution >= 4 is 17.7 Å². The Morgan fingerprint density at radius 3 is 2.28 bits per heavy atom. The molecule has 2 heterocycles. The van der Waals surface area contributed by atoms with Gasteiger partial charge in [0.05, 0.1) is 12.6 Å². The van der Waals surface area contributed by atoms with Crippen LogP contribution >= 0.6 is 0 Å². The zero-order chi connectivity index (χ0) is 27.4. The second-order valence-electron chi connectivity index (χ2n) is 11.2. The molecule has 2 fully saturated rings. The van der Waals surface area contributed by atoms with Crippen LogP contribution < -0.4 is 16.3 Å². The van der Waals surface area contributed by atoms with Gasteiger partial charge in [0.1, 0.15) is 18.1 Å². The minimum Gasteiger partial charge on any atom is -0.337 e. The molecule has 0 spiro atoms. The number of alkyl halides is 3. The fourth-order valence-electron chi connectivity index (χ4n) is 5.06. The number of carbonyl (C=O) groups excluding carboxylic acids is 3. The van der Waals surface area contributed by atoms with Gasteiger partial charge >= 0.3 is 17.8 Å². The number of aromatic nitrogens is 2. The lowest BCUT2D eigenvalue weighted by Crippen LogP contribution is -2.61. The molecular weight excluding hydrogens is 481 g/mol. The second-order valence-corrected chi connectivity index (χ2v) is 11.2. The summed E-state index contributed by atoms with van der Waals surface area (Å²) in [6, 6.07) is -1.71. The Hall–Kier alpha value is -3.30. The van der Waals surface area contributed by atoms with Gasteiger partial charge in [-0.25, -0.2) is 4.79 Å². The van der Waals surface area contributed by atoms with Crippen LogP contribution in [0, 0.1) is 34.0 Å². The number of hydrogen-bond donors (Lipinski definition) is 2. The Kier molecular flexibility index (Phi) is 6.80. The summed E-state index contributed by atoms with van der Waals surface area (Å²) in [6.45, 7) is 8.44. The number of piperidine rings is 1. The van der Waals surface area contributed by atoms with Gasteiger partial charge in [-0.15, -0.1) is 0 Å². The number of nitrogens with zero attached hydrogens (tertiary/aromatic N) is 4. The van der Waals surface area contributed by atoms with Crippen LogP contribution in [0.15, 0.2) is 17.2 Å². The van der Waals surface area contributed by atoms with Crippen molar-refractivity contribution in [2.75, 3.05) is 6.54 Å². The van der Waals surface area contributed by atoms with Crippen LogP contribution in [0.25, 0.3) is 0 Å². The molecule has 1 aliphatic carbocycles. The number of aryl methyl sites for hydroxylation is 1. The molecule has 0 bridgehead atoms. The van der Waals surface area contributed by atoms with E-state index in [1.54, 1.807) is 12.4 Å². The molecule has 10 nitrogen and oxygen atoms in total. The Balaban J connectivity index is 1.84. The van der Waals surface area contributed by atoms with Gasteiger partial charge in [0.2, 0.25) is 11.8 Å². The minimum absolute atomic E-state index is 0.0617. The summed E-state index contributed by atoms with van der Waals surface area (Å²) in [5, 5.41) is 14.0. The number of nitriles is 1. The van der Waals surface area contributed by atoms with Crippen LogP contribution in [0.1, 0.15) is 34.6 Å². The Labute approximate surface area is 206 Å². The lowest BCUT2D eigenvalue weighted by molar-refractivity contribution is -0.176.